The quantitative estimate of drug-likeness (QED) is 0.652. The van der Waals surface area contributed by atoms with Gasteiger partial charge in [0.05, 0.1) is 11.0 Å². The van der Waals surface area contributed by atoms with Gasteiger partial charge in [0, 0.05) is 17.8 Å². The van der Waals surface area contributed by atoms with E-state index >= 15 is 0 Å². The maximum Gasteiger partial charge on any atom is 0.320 e. The summed E-state index contributed by atoms with van der Waals surface area (Å²) >= 11 is 0. The fourth-order valence-corrected chi connectivity index (χ4v) is 2.29. The lowest BCUT2D eigenvalue weighted by molar-refractivity contribution is -0.384. The summed E-state index contributed by atoms with van der Waals surface area (Å²) in [7, 11) is 0. The van der Waals surface area contributed by atoms with Crippen molar-refractivity contribution in [1.82, 2.24) is 5.32 Å². The van der Waals surface area contributed by atoms with Crippen molar-refractivity contribution in [1.29, 1.82) is 5.26 Å². The minimum atomic E-state index is -0.787. The largest absolute Gasteiger partial charge is 0.320 e. The Kier molecular flexibility index (Phi) is 3.84. The fourth-order valence-electron chi connectivity index (χ4n) is 2.29. The second-order valence-corrected chi connectivity index (χ2v) is 4.78. The molecule has 0 aliphatic heterocycles. The van der Waals surface area contributed by atoms with E-state index in [1.165, 1.54) is 24.3 Å². The van der Waals surface area contributed by atoms with Crippen LogP contribution in [0, 0.1) is 21.4 Å². The molecule has 20 heavy (non-hydrogen) atoms. The number of hydrogen-bond donors (Lipinski definition) is 2. The number of nitrogens with one attached hydrogen (secondary N) is 2. The van der Waals surface area contributed by atoms with Crippen LogP contribution in [0.15, 0.2) is 24.3 Å². The van der Waals surface area contributed by atoms with Crippen LogP contribution in [0.5, 0.6) is 0 Å². The number of nitriles is 1. The summed E-state index contributed by atoms with van der Waals surface area (Å²) in [5.74, 6) is 0. The number of rotatable bonds is 3. The molecule has 2 N–H and O–H groups in total. The Morgan fingerprint density at radius 2 is 1.90 bits per heavy atom. The molecule has 0 unspecified atom stereocenters. The van der Waals surface area contributed by atoms with Crippen molar-refractivity contribution in [2.45, 2.75) is 31.2 Å². The van der Waals surface area contributed by atoms with Crippen LogP contribution >= 0.6 is 0 Å². The third-order valence-corrected chi connectivity index (χ3v) is 3.36. The summed E-state index contributed by atoms with van der Waals surface area (Å²) in [5, 5.41) is 24.9. The van der Waals surface area contributed by atoms with Gasteiger partial charge in [0.1, 0.15) is 5.54 Å². The Morgan fingerprint density at radius 1 is 1.30 bits per heavy atom. The highest BCUT2D eigenvalue weighted by Crippen LogP contribution is 2.29. The van der Waals surface area contributed by atoms with Gasteiger partial charge in [-0.3, -0.25) is 10.1 Å². The lowest BCUT2D eigenvalue weighted by atomic mass is 10.0. The van der Waals surface area contributed by atoms with Gasteiger partial charge in [-0.05, 0) is 37.8 Å². The molecule has 2 amide bonds. The Labute approximate surface area is 115 Å². The highest BCUT2D eigenvalue weighted by Gasteiger charge is 2.35. The number of nitro benzene ring substituents is 1. The van der Waals surface area contributed by atoms with E-state index in [1.807, 2.05) is 0 Å². The highest BCUT2D eigenvalue weighted by atomic mass is 16.6. The summed E-state index contributed by atoms with van der Waals surface area (Å²) in [6, 6.07) is 7.21. The van der Waals surface area contributed by atoms with Crippen LogP contribution in [-0.2, 0) is 0 Å². The van der Waals surface area contributed by atoms with Crippen molar-refractivity contribution in [3.05, 3.63) is 34.4 Å². The van der Waals surface area contributed by atoms with Gasteiger partial charge in [-0.1, -0.05) is 0 Å². The number of nitro groups is 1. The molecule has 0 heterocycles. The molecule has 1 aromatic rings. The van der Waals surface area contributed by atoms with Gasteiger partial charge in [0.25, 0.3) is 5.69 Å². The zero-order chi connectivity index (χ0) is 14.6. The van der Waals surface area contributed by atoms with Crippen LogP contribution < -0.4 is 10.6 Å². The summed E-state index contributed by atoms with van der Waals surface area (Å²) in [6.45, 7) is 0. The molecular formula is C13H14N4O3. The molecule has 0 aromatic heterocycles. The first-order valence-electron chi connectivity index (χ1n) is 6.29. The zero-order valence-corrected chi connectivity index (χ0v) is 10.8. The van der Waals surface area contributed by atoms with Gasteiger partial charge in [-0.25, -0.2) is 4.79 Å². The van der Waals surface area contributed by atoms with Crippen molar-refractivity contribution in [3.8, 4) is 6.07 Å². The monoisotopic (exact) mass is 274 g/mol. The smallest absolute Gasteiger partial charge is 0.319 e. The number of anilines is 1. The Morgan fingerprint density at radius 3 is 2.40 bits per heavy atom. The first-order valence-corrected chi connectivity index (χ1v) is 6.29. The van der Waals surface area contributed by atoms with Crippen molar-refractivity contribution in [2.75, 3.05) is 5.32 Å². The minimum absolute atomic E-state index is 0.0414. The molecule has 0 saturated heterocycles. The number of urea groups is 1. The molecule has 1 aliphatic carbocycles. The van der Waals surface area contributed by atoms with Gasteiger partial charge in [-0.2, -0.15) is 5.26 Å². The van der Waals surface area contributed by atoms with Gasteiger partial charge >= 0.3 is 6.03 Å². The molecule has 1 aliphatic rings. The van der Waals surface area contributed by atoms with Crippen LogP contribution in [0.3, 0.4) is 0 Å². The molecule has 1 aromatic carbocycles. The Balaban J connectivity index is 1.98. The number of non-ortho nitro benzene ring substituents is 1. The molecule has 1 fully saturated rings. The lowest BCUT2D eigenvalue weighted by Crippen LogP contribution is -2.47. The van der Waals surface area contributed by atoms with Crippen LogP contribution in [0.4, 0.5) is 16.2 Å². The summed E-state index contributed by atoms with van der Waals surface area (Å²) in [6.07, 6.45) is 3.14. The maximum absolute atomic E-state index is 11.8. The van der Waals surface area contributed by atoms with E-state index in [-0.39, 0.29) is 5.69 Å². The average Bonchev–Trinajstić information content (AvgIpc) is 2.88. The number of hydrogen-bond acceptors (Lipinski definition) is 4. The van der Waals surface area contributed by atoms with E-state index < -0.39 is 16.5 Å². The van der Waals surface area contributed by atoms with Crippen molar-refractivity contribution < 1.29 is 9.72 Å². The Bertz CT molecular complexity index is 556. The maximum atomic E-state index is 11.8. The second-order valence-electron chi connectivity index (χ2n) is 4.78. The SMILES string of the molecule is N#CC1(NC(=O)Nc2ccc([N+](=O)[O-])cc2)CCCC1. The topological polar surface area (TPSA) is 108 Å². The van der Waals surface area contributed by atoms with Gasteiger partial charge in [0.2, 0.25) is 0 Å². The summed E-state index contributed by atoms with van der Waals surface area (Å²) < 4.78 is 0. The fraction of sp³-hybridized carbons (Fsp3) is 0.385. The number of carbonyl (C=O) groups is 1. The molecule has 0 spiro atoms. The predicted molar refractivity (Wildman–Crippen MR) is 72.1 cm³/mol. The van der Waals surface area contributed by atoms with Crippen LogP contribution in [0.1, 0.15) is 25.7 Å². The molecule has 0 bridgehead atoms. The summed E-state index contributed by atoms with van der Waals surface area (Å²) in [4.78, 5) is 21.9. The summed E-state index contributed by atoms with van der Waals surface area (Å²) in [5.41, 5.74) is -0.385. The first kappa shape index (κ1) is 13.8. The van der Waals surface area contributed by atoms with Crippen LogP contribution in [0.2, 0.25) is 0 Å². The van der Waals surface area contributed by atoms with Crippen molar-refractivity contribution in [2.24, 2.45) is 0 Å². The number of amides is 2. The van der Waals surface area contributed by atoms with E-state index in [2.05, 4.69) is 16.7 Å². The number of nitrogens with zero attached hydrogens (tertiary/aromatic N) is 2. The molecule has 0 radical (unpaired) electrons. The van der Waals surface area contributed by atoms with E-state index in [0.29, 0.717) is 18.5 Å². The third-order valence-electron chi connectivity index (χ3n) is 3.36. The van der Waals surface area contributed by atoms with E-state index in [9.17, 15) is 14.9 Å². The average molecular weight is 274 g/mol. The van der Waals surface area contributed by atoms with Crippen molar-refractivity contribution >= 4 is 17.4 Å². The zero-order valence-electron chi connectivity index (χ0n) is 10.8. The van der Waals surface area contributed by atoms with E-state index in [4.69, 9.17) is 5.26 Å². The number of carbonyl (C=O) groups excluding carboxylic acids is 1. The number of benzene rings is 1. The van der Waals surface area contributed by atoms with Crippen LogP contribution in [-0.4, -0.2) is 16.5 Å². The highest BCUT2D eigenvalue weighted by molar-refractivity contribution is 5.90. The van der Waals surface area contributed by atoms with Gasteiger partial charge in [-0.15, -0.1) is 0 Å². The predicted octanol–water partition coefficient (Wildman–Crippen LogP) is 2.55. The molecule has 7 heteroatoms. The molecule has 1 saturated carbocycles. The molecule has 0 atom stereocenters. The molecule has 104 valence electrons. The Hall–Kier alpha value is -2.62. The molecular weight excluding hydrogens is 260 g/mol. The standard InChI is InChI=1S/C13H14N4O3/c14-9-13(7-1-2-8-13)16-12(18)15-10-3-5-11(6-4-10)17(19)20/h3-6H,1-2,7-8H2,(H2,15,16,18). The normalized spacial score (nSPS) is 16.1. The minimum Gasteiger partial charge on any atom is -0.319 e. The first-order chi connectivity index (χ1) is 9.54. The van der Waals surface area contributed by atoms with E-state index in [1.54, 1.807) is 0 Å². The molecule has 2 rings (SSSR count). The van der Waals surface area contributed by atoms with Gasteiger partial charge in [0.15, 0.2) is 0 Å². The van der Waals surface area contributed by atoms with Crippen LogP contribution in [0.25, 0.3) is 0 Å². The van der Waals surface area contributed by atoms with E-state index in [0.717, 1.165) is 12.8 Å². The third kappa shape index (κ3) is 3.03. The molecule has 7 nitrogen and oxygen atoms in total. The second kappa shape index (κ2) is 5.57. The van der Waals surface area contributed by atoms with Gasteiger partial charge < -0.3 is 10.6 Å². The van der Waals surface area contributed by atoms with Crippen molar-refractivity contribution in [3.63, 3.8) is 0 Å². The lowest BCUT2D eigenvalue weighted by Gasteiger charge is -2.22.